The molecule has 0 aliphatic heterocycles. The number of pyridine rings is 1. The summed E-state index contributed by atoms with van der Waals surface area (Å²) in [6, 6.07) is 26.1. The minimum Gasteiger partial charge on any atom is -0.457 e. The monoisotopic (exact) mass is 692 g/mol. The van der Waals surface area contributed by atoms with Crippen LogP contribution in [0.5, 0.6) is 11.5 Å². The lowest BCUT2D eigenvalue weighted by Crippen LogP contribution is -2.17. The van der Waals surface area contributed by atoms with Crippen LogP contribution in [0.3, 0.4) is 0 Å². The summed E-state index contributed by atoms with van der Waals surface area (Å²) in [7, 11) is 0. The van der Waals surface area contributed by atoms with Crippen molar-refractivity contribution in [2.24, 2.45) is 5.92 Å². The molecule has 1 aliphatic carbocycles. The highest BCUT2D eigenvalue weighted by molar-refractivity contribution is 6.09. The van der Waals surface area contributed by atoms with Crippen LogP contribution in [0, 0.1) is 12.8 Å². The molecular formula is C47H56N4O. The smallest absolute Gasteiger partial charge is 0.137 e. The van der Waals surface area contributed by atoms with Crippen molar-refractivity contribution in [3.05, 3.63) is 119 Å². The number of hydrogen-bond donors (Lipinski definition) is 0. The Balaban J connectivity index is 1.36. The third-order valence-electron chi connectivity index (χ3n) is 11.2. The summed E-state index contributed by atoms with van der Waals surface area (Å²) in [5.41, 5.74) is 11.1. The van der Waals surface area contributed by atoms with Crippen molar-refractivity contribution < 1.29 is 4.74 Å². The molecule has 3 aromatic carbocycles. The second-order valence-corrected chi connectivity index (χ2v) is 17.2. The fourth-order valence-corrected chi connectivity index (χ4v) is 8.22. The quantitative estimate of drug-likeness (QED) is 0.149. The van der Waals surface area contributed by atoms with Crippen molar-refractivity contribution >= 4 is 21.8 Å². The van der Waals surface area contributed by atoms with Crippen LogP contribution in [0.1, 0.15) is 122 Å². The Morgan fingerprint density at radius 2 is 1.56 bits per heavy atom. The number of hydrogen-bond acceptors (Lipinski definition) is 3. The van der Waals surface area contributed by atoms with E-state index in [2.05, 4.69) is 157 Å². The molecule has 0 spiro atoms. The summed E-state index contributed by atoms with van der Waals surface area (Å²) in [5.74, 6) is 3.53. The fourth-order valence-electron chi connectivity index (χ4n) is 8.22. The first kappa shape index (κ1) is 35.7. The maximum atomic E-state index is 6.87. The van der Waals surface area contributed by atoms with E-state index in [1.165, 1.54) is 51.6 Å². The molecule has 270 valence electrons. The lowest BCUT2D eigenvalue weighted by atomic mass is 9.75. The first-order valence-electron chi connectivity index (χ1n) is 19.3. The zero-order chi connectivity index (χ0) is 36.9. The highest BCUT2D eigenvalue weighted by atomic mass is 16.5. The molecule has 5 nitrogen and oxygen atoms in total. The SMILES string of the molecule is CCCCc1c([C@H]2C(C)=CCC[C@@H]2C)c(C)nn1-c1cc(Oc2ccc3c4ccccc4n(-c4cc(C(C)(C)C)ccn4)c3c2)cc(C(C)(C)C)c1. The van der Waals surface area contributed by atoms with E-state index in [-0.39, 0.29) is 10.8 Å². The number of nitrogens with zero attached hydrogens (tertiary/aromatic N) is 4. The topological polar surface area (TPSA) is 44.9 Å². The van der Waals surface area contributed by atoms with Gasteiger partial charge in [0, 0.05) is 46.3 Å². The van der Waals surface area contributed by atoms with Crippen molar-refractivity contribution in [2.75, 3.05) is 0 Å². The van der Waals surface area contributed by atoms with Gasteiger partial charge in [-0.25, -0.2) is 9.67 Å². The molecule has 0 saturated carbocycles. The molecule has 0 amide bonds. The number of rotatable bonds is 8. The summed E-state index contributed by atoms with van der Waals surface area (Å²) >= 11 is 0. The third-order valence-corrected chi connectivity index (χ3v) is 11.2. The van der Waals surface area contributed by atoms with Crippen molar-refractivity contribution in [1.29, 1.82) is 0 Å². The van der Waals surface area contributed by atoms with E-state index in [0.29, 0.717) is 11.8 Å². The van der Waals surface area contributed by atoms with Gasteiger partial charge >= 0.3 is 0 Å². The van der Waals surface area contributed by atoms with E-state index in [0.717, 1.165) is 59.0 Å². The lowest BCUT2D eigenvalue weighted by Gasteiger charge is -2.30. The average Bonchev–Trinajstić information content (AvgIpc) is 3.60. The summed E-state index contributed by atoms with van der Waals surface area (Å²) in [6.07, 6.45) is 10.0. The van der Waals surface area contributed by atoms with Gasteiger partial charge in [0.25, 0.3) is 0 Å². The van der Waals surface area contributed by atoms with Gasteiger partial charge < -0.3 is 4.74 Å². The number of aryl methyl sites for hydroxylation is 1. The van der Waals surface area contributed by atoms with Crippen LogP contribution < -0.4 is 4.74 Å². The van der Waals surface area contributed by atoms with Gasteiger partial charge in [0.05, 0.1) is 22.4 Å². The number of allylic oxidation sites excluding steroid dienone is 2. The molecule has 6 aromatic rings. The van der Waals surface area contributed by atoms with Crippen LogP contribution in [0.25, 0.3) is 33.3 Å². The summed E-state index contributed by atoms with van der Waals surface area (Å²) < 4.78 is 11.4. The van der Waals surface area contributed by atoms with Gasteiger partial charge in [-0.15, -0.1) is 0 Å². The normalized spacial score (nSPS) is 16.8. The molecule has 3 aromatic heterocycles. The minimum absolute atomic E-state index is 0.00889. The van der Waals surface area contributed by atoms with Crippen LogP contribution in [-0.4, -0.2) is 19.3 Å². The largest absolute Gasteiger partial charge is 0.457 e. The molecule has 52 heavy (non-hydrogen) atoms. The highest BCUT2D eigenvalue weighted by Crippen LogP contribution is 2.43. The number of para-hydroxylation sites is 1. The predicted molar refractivity (Wildman–Crippen MR) is 218 cm³/mol. The van der Waals surface area contributed by atoms with Crippen molar-refractivity contribution in [2.45, 2.75) is 118 Å². The second kappa shape index (κ2) is 13.7. The van der Waals surface area contributed by atoms with Gasteiger partial charge in [0.2, 0.25) is 0 Å². The molecule has 0 N–H and O–H groups in total. The van der Waals surface area contributed by atoms with Crippen molar-refractivity contribution in [3.8, 4) is 23.0 Å². The Hall–Kier alpha value is -4.64. The Morgan fingerprint density at radius 3 is 2.29 bits per heavy atom. The van der Waals surface area contributed by atoms with Crippen molar-refractivity contribution in [3.63, 3.8) is 0 Å². The van der Waals surface area contributed by atoms with Crippen LogP contribution in [0.4, 0.5) is 0 Å². The highest BCUT2D eigenvalue weighted by Gasteiger charge is 2.31. The third kappa shape index (κ3) is 6.71. The zero-order valence-corrected chi connectivity index (χ0v) is 33.0. The standard InChI is InChI=1S/C47H56N4O/c1-11-12-19-41-45(44-30(2)16-15-17-31(44)3)32(4)49-51(41)35-25-34(47(8,9)10)26-37(28-35)52-36-21-22-39-38-18-13-14-20-40(38)50(42(39)29-36)43-27-33(23-24-48-43)46(5,6)7/h13-14,16,18,20-29,31,44H,11-12,15,17,19H2,1-10H3/t31-,44-/m0/s1. The molecule has 0 bridgehead atoms. The van der Waals surface area contributed by atoms with Gasteiger partial charge in [0.1, 0.15) is 17.3 Å². The van der Waals surface area contributed by atoms with E-state index in [4.69, 9.17) is 14.8 Å². The molecule has 0 saturated heterocycles. The van der Waals surface area contributed by atoms with Crippen LogP contribution in [0.15, 0.2) is 90.6 Å². The number of unbranched alkanes of at least 4 members (excludes halogenated alkanes) is 1. The van der Waals surface area contributed by atoms with E-state index in [1.807, 2.05) is 6.20 Å². The van der Waals surface area contributed by atoms with E-state index in [1.54, 1.807) is 0 Å². The lowest BCUT2D eigenvalue weighted by molar-refractivity contribution is 0.446. The first-order valence-corrected chi connectivity index (χ1v) is 19.3. The predicted octanol–water partition coefficient (Wildman–Crippen LogP) is 12.9. The molecule has 7 rings (SSSR count). The van der Waals surface area contributed by atoms with Gasteiger partial charge in [-0.3, -0.25) is 4.57 Å². The number of ether oxygens (including phenoxy) is 1. The van der Waals surface area contributed by atoms with Gasteiger partial charge in [-0.05, 0) is 110 Å². The summed E-state index contributed by atoms with van der Waals surface area (Å²) in [5, 5.41) is 7.68. The molecule has 0 unspecified atom stereocenters. The number of aromatic nitrogens is 4. The summed E-state index contributed by atoms with van der Waals surface area (Å²) in [4.78, 5) is 4.88. The molecule has 5 heteroatoms. The zero-order valence-electron chi connectivity index (χ0n) is 33.0. The van der Waals surface area contributed by atoms with Gasteiger partial charge in [-0.1, -0.05) is 91.7 Å². The maximum absolute atomic E-state index is 6.87. The van der Waals surface area contributed by atoms with Crippen LogP contribution in [0.2, 0.25) is 0 Å². The van der Waals surface area contributed by atoms with E-state index >= 15 is 0 Å². The first-order chi connectivity index (χ1) is 24.7. The molecule has 2 atom stereocenters. The van der Waals surface area contributed by atoms with Crippen LogP contribution >= 0.6 is 0 Å². The van der Waals surface area contributed by atoms with Gasteiger partial charge in [0.15, 0.2) is 0 Å². The maximum Gasteiger partial charge on any atom is 0.137 e. The Bertz CT molecular complexity index is 2290. The van der Waals surface area contributed by atoms with Gasteiger partial charge in [-0.2, -0.15) is 5.10 Å². The second-order valence-electron chi connectivity index (χ2n) is 17.2. The van der Waals surface area contributed by atoms with E-state index in [9.17, 15) is 0 Å². The van der Waals surface area contributed by atoms with Crippen molar-refractivity contribution in [1.82, 2.24) is 19.3 Å². The Kier molecular flexibility index (Phi) is 9.44. The van der Waals surface area contributed by atoms with Crippen LogP contribution in [-0.2, 0) is 17.3 Å². The average molecular weight is 693 g/mol. The molecule has 3 heterocycles. The van der Waals surface area contributed by atoms with E-state index < -0.39 is 0 Å². The Morgan fingerprint density at radius 1 is 0.808 bits per heavy atom. The number of fused-ring (bicyclic) bond motifs is 3. The molecular weight excluding hydrogens is 637 g/mol. The minimum atomic E-state index is -0.0833. The molecule has 1 aliphatic rings. The molecule has 0 fully saturated rings. The fraction of sp³-hybridized carbons (Fsp3) is 0.404. The number of benzene rings is 3. The Labute approximate surface area is 310 Å². The molecule has 0 radical (unpaired) electrons. The summed E-state index contributed by atoms with van der Waals surface area (Å²) in [6.45, 7) is 22.8.